The number of sulfonamides is 1. The van der Waals surface area contributed by atoms with Gasteiger partial charge in [-0.2, -0.15) is 4.31 Å². The summed E-state index contributed by atoms with van der Waals surface area (Å²) in [5.41, 5.74) is 1.19. The first-order valence-corrected chi connectivity index (χ1v) is 11.5. The van der Waals surface area contributed by atoms with Crippen LogP contribution in [0.4, 0.5) is 0 Å². The Hall–Kier alpha value is -2.22. The van der Waals surface area contributed by atoms with Crippen LogP contribution in [0, 0.1) is 0 Å². The molecule has 1 aliphatic rings. The van der Waals surface area contributed by atoms with E-state index in [1.165, 1.54) is 9.87 Å². The number of nitrogens with one attached hydrogen (secondary N) is 1. The fraction of sp³-hybridized carbons (Fsp3) is 0.409. The van der Waals surface area contributed by atoms with Gasteiger partial charge in [-0.15, -0.1) is 0 Å². The van der Waals surface area contributed by atoms with Crippen LogP contribution in [-0.4, -0.2) is 62.3 Å². The molecular weight excluding hydrogens is 386 g/mol. The van der Waals surface area contributed by atoms with Crippen LogP contribution in [0.5, 0.6) is 0 Å². The van der Waals surface area contributed by atoms with Crippen LogP contribution in [0.1, 0.15) is 25.3 Å². The van der Waals surface area contributed by atoms with Crippen molar-refractivity contribution >= 4 is 15.9 Å². The van der Waals surface area contributed by atoms with Crippen LogP contribution in [0.3, 0.4) is 0 Å². The number of nitrogens with zero attached hydrogens (tertiary/aromatic N) is 2. The normalized spacial score (nSPS) is 18.1. The zero-order valence-corrected chi connectivity index (χ0v) is 17.8. The fourth-order valence-corrected chi connectivity index (χ4v) is 4.98. The number of hydrogen-bond donors (Lipinski definition) is 1. The van der Waals surface area contributed by atoms with Crippen LogP contribution in [0.15, 0.2) is 65.6 Å². The number of piperazine rings is 1. The highest BCUT2D eigenvalue weighted by molar-refractivity contribution is 7.89. The second kappa shape index (κ2) is 9.52. The van der Waals surface area contributed by atoms with Crippen LogP contribution in [0.2, 0.25) is 0 Å². The first kappa shape index (κ1) is 21.5. The molecule has 3 rings (SSSR count). The lowest BCUT2D eigenvalue weighted by Gasteiger charge is -2.36. The van der Waals surface area contributed by atoms with Gasteiger partial charge in [-0.25, -0.2) is 8.42 Å². The zero-order valence-electron chi connectivity index (χ0n) is 17.0. The lowest BCUT2D eigenvalue weighted by molar-refractivity contribution is -0.126. The molecule has 1 N–H and O–H groups in total. The molecule has 0 radical (unpaired) electrons. The maximum atomic E-state index is 12.7. The van der Waals surface area contributed by atoms with Gasteiger partial charge < -0.3 is 5.32 Å². The van der Waals surface area contributed by atoms with Crippen molar-refractivity contribution in [2.24, 2.45) is 0 Å². The maximum absolute atomic E-state index is 12.7. The first-order valence-electron chi connectivity index (χ1n) is 10.0. The Morgan fingerprint density at radius 1 is 0.931 bits per heavy atom. The van der Waals surface area contributed by atoms with E-state index in [1.54, 1.807) is 30.3 Å². The molecule has 1 heterocycles. The molecule has 156 valence electrons. The van der Waals surface area contributed by atoms with E-state index in [1.807, 2.05) is 30.0 Å². The van der Waals surface area contributed by atoms with Crippen molar-refractivity contribution in [3.8, 4) is 0 Å². The highest BCUT2D eigenvalue weighted by Crippen LogP contribution is 2.18. The first-order chi connectivity index (χ1) is 13.9. The van der Waals surface area contributed by atoms with E-state index >= 15 is 0 Å². The third kappa shape index (κ3) is 5.23. The molecule has 7 heteroatoms. The van der Waals surface area contributed by atoms with Crippen LogP contribution >= 0.6 is 0 Å². The van der Waals surface area contributed by atoms with E-state index in [4.69, 9.17) is 0 Å². The van der Waals surface area contributed by atoms with Crippen molar-refractivity contribution in [3.05, 3.63) is 66.2 Å². The third-order valence-electron chi connectivity index (χ3n) is 5.53. The highest BCUT2D eigenvalue weighted by atomic mass is 32.2. The van der Waals surface area contributed by atoms with E-state index in [0.717, 1.165) is 0 Å². The number of amides is 1. The molecule has 2 aromatic rings. The molecule has 0 spiro atoms. The molecule has 0 aromatic heterocycles. The van der Waals surface area contributed by atoms with E-state index in [2.05, 4.69) is 24.4 Å². The number of benzene rings is 2. The highest BCUT2D eigenvalue weighted by Gasteiger charge is 2.31. The van der Waals surface area contributed by atoms with Gasteiger partial charge in [-0.05, 0) is 30.5 Å². The van der Waals surface area contributed by atoms with E-state index in [-0.39, 0.29) is 17.9 Å². The molecule has 6 nitrogen and oxygen atoms in total. The summed E-state index contributed by atoms with van der Waals surface area (Å²) >= 11 is 0. The third-order valence-corrected chi connectivity index (χ3v) is 7.45. The minimum absolute atomic E-state index is 0.0212. The van der Waals surface area contributed by atoms with Gasteiger partial charge in [-0.1, -0.05) is 55.5 Å². The Morgan fingerprint density at radius 2 is 1.48 bits per heavy atom. The Bertz CT molecular complexity index is 895. The van der Waals surface area contributed by atoms with Crippen molar-refractivity contribution in [1.82, 2.24) is 14.5 Å². The molecule has 1 aliphatic heterocycles. The molecule has 2 unspecified atom stereocenters. The van der Waals surface area contributed by atoms with Gasteiger partial charge in [0, 0.05) is 32.7 Å². The zero-order chi connectivity index (χ0) is 20.9. The van der Waals surface area contributed by atoms with Gasteiger partial charge in [-0.3, -0.25) is 9.69 Å². The molecule has 1 fully saturated rings. The average molecular weight is 416 g/mol. The molecule has 2 aromatic carbocycles. The molecule has 0 saturated carbocycles. The van der Waals surface area contributed by atoms with Crippen molar-refractivity contribution in [3.63, 3.8) is 0 Å². The largest absolute Gasteiger partial charge is 0.354 e. The Balaban J connectivity index is 1.50. The second-order valence-corrected chi connectivity index (χ2v) is 9.42. The number of hydrogen-bond acceptors (Lipinski definition) is 4. The van der Waals surface area contributed by atoms with Crippen LogP contribution < -0.4 is 5.32 Å². The summed E-state index contributed by atoms with van der Waals surface area (Å²) in [4.78, 5) is 14.9. The smallest absolute Gasteiger partial charge is 0.243 e. The van der Waals surface area contributed by atoms with Crippen molar-refractivity contribution < 1.29 is 13.2 Å². The predicted octanol–water partition coefficient (Wildman–Crippen LogP) is 2.30. The van der Waals surface area contributed by atoms with Crippen molar-refractivity contribution in [2.75, 3.05) is 32.7 Å². The summed E-state index contributed by atoms with van der Waals surface area (Å²) < 4.78 is 27.0. The van der Waals surface area contributed by atoms with Gasteiger partial charge in [0.15, 0.2) is 0 Å². The number of rotatable bonds is 7. The van der Waals surface area contributed by atoms with Crippen LogP contribution in [-0.2, 0) is 14.8 Å². The molecule has 0 bridgehead atoms. The summed E-state index contributed by atoms with van der Waals surface area (Å²) in [5.74, 6) is 0.215. The van der Waals surface area contributed by atoms with E-state index in [0.29, 0.717) is 37.6 Å². The monoisotopic (exact) mass is 415 g/mol. The number of carbonyl (C=O) groups is 1. The van der Waals surface area contributed by atoms with Gasteiger partial charge >= 0.3 is 0 Å². The van der Waals surface area contributed by atoms with Crippen molar-refractivity contribution in [1.29, 1.82) is 0 Å². The van der Waals surface area contributed by atoms with Crippen LogP contribution in [0.25, 0.3) is 0 Å². The second-order valence-electron chi connectivity index (χ2n) is 7.49. The Labute approximate surface area is 173 Å². The minimum atomic E-state index is -3.48. The predicted molar refractivity (Wildman–Crippen MR) is 114 cm³/mol. The molecule has 2 atom stereocenters. The van der Waals surface area contributed by atoms with Gasteiger partial charge in [0.25, 0.3) is 0 Å². The maximum Gasteiger partial charge on any atom is 0.243 e. The average Bonchev–Trinajstić information content (AvgIpc) is 2.78. The molecule has 29 heavy (non-hydrogen) atoms. The number of carbonyl (C=O) groups excluding carboxylic acids is 1. The van der Waals surface area contributed by atoms with Gasteiger partial charge in [0.05, 0.1) is 10.9 Å². The molecule has 1 amide bonds. The molecule has 1 saturated heterocycles. The van der Waals surface area contributed by atoms with Crippen molar-refractivity contribution in [2.45, 2.75) is 30.7 Å². The summed E-state index contributed by atoms with van der Waals surface area (Å²) in [6.45, 7) is 6.39. The fourth-order valence-electron chi connectivity index (χ4n) is 3.54. The standard InChI is InChI=1S/C22H29N3O3S/c1-18(20-9-5-3-6-10-20)17-23-22(26)19(2)24-13-15-25(16-14-24)29(27,28)21-11-7-4-8-12-21/h3-12,18-19H,13-17H2,1-2H3,(H,23,26). The summed E-state index contributed by atoms with van der Waals surface area (Å²) in [6, 6.07) is 18.3. The molecular formula is C22H29N3O3S. The summed E-state index contributed by atoms with van der Waals surface area (Å²) in [5, 5.41) is 3.03. The van der Waals surface area contributed by atoms with E-state index < -0.39 is 10.0 Å². The van der Waals surface area contributed by atoms with Gasteiger partial charge in [0.1, 0.15) is 0 Å². The topological polar surface area (TPSA) is 69.7 Å². The Morgan fingerprint density at radius 3 is 2.07 bits per heavy atom. The quantitative estimate of drug-likeness (QED) is 0.753. The summed E-state index contributed by atoms with van der Waals surface area (Å²) in [7, 11) is -3.48. The lowest BCUT2D eigenvalue weighted by atomic mass is 10.0. The Kier molecular flexibility index (Phi) is 7.05. The lowest BCUT2D eigenvalue weighted by Crippen LogP contribution is -2.55. The van der Waals surface area contributed by atoms with Gasteiger partial charge in [0.2, 0.25) is 15.9 Å². The summed E-state index contributed by atoms with van der Waals surface area (Å²) in [6.07, 6.45) is 0. The van der Waals surface area contributed by atoms with E-state index in [9.17, 15) is 13.2 Å². The molecule has 0 aliphatic carbocycles. The minimum Gasteiger partial charge on any atom is -0.354 e. The SMILES string of the molecule is CC(CNC(=O)C(C)N1CCN(S(=O)(=O)c2ccccc2)CC1)c1ccccc1.